The zero-order valence-electron chi connectivity index (χ0n) is 8.30. The third kappa shape index (κ3) is 2.78. The Balaban J connectivity index is 2.94. The number of carbonyl (C=O) groups is 2. The van der Waals surface area contributed by atoms with Crippen LogP contribution >= 0.6 is 0 Å². The summed E-state index contributed by atoms with van der Waals surface area (Å²) in [5.41, 5.74) is 0.597. The van der Waals surface area contributed by atoms with Crippen LogP contribution in [0.1, 0.15) is 15.9 Å². The number of benzene rings is 1. The van der Waals surface area contributed by atoms with Crippen LogP contribution in [0.4, 0.5) is 0 Å². The molecule has 0 aliphatic carbocycles. The average molecular weight is 208 g/mol. The lowest BCUT2D eigenvalue weighted by Gasteiger charge is -2.10. The lowest BCUT2D eigenvalue weighted by Crippen LogP contribution is -2.34. The summed E-state index contributed by atoms with van der Waals surface area (Å²) >= 11 is 0. The lowest BCUT2D eigenvalue weighted by molar-refractivity contribution is -0.129. The molecule has 0 aliphatic rings. The number of hydrogen-bond acceptors (Lipinski definition) is 3. The highest BCUT2D eigenvalue weighted by Gasteiger charge is 2.13. The number of nitrogens with zero attached hydrogens (tertiary/aromatic N) is 1. The average Bonchev–Trinajstić information content (AvgIpc) is 2.18. The predicted molar refractivity (Wildman–Crippen MR) is 54.1 cm³/mol. The van der Waals surface area contributed by atoms with Gasteiger partial charge in [-0.15, -0.1) is 0 Å². The fraction of sp³-hybridized carbons (Fsp3) is 0.200. The van der Waals surface area contributed by atoms with Gasteiger partial charge in [0.25, 0.3) is 0 Å². The Bertz CT molecular complexity index is 388. The van der Waals surface area contributed by atoms with E-state index in [0.29, 0.717) is 5.56 Å². The molecule has 0 saturated carbocycles. The van der Waals surface area contributed by atoms with Crippen LogP contribution in [-0.4, -0.2) is 29.0 Å². The Kier molecular flexibility index (Phi) is 3.41. The predicted octanol–water partition coefficient (Wildman–Crippen LogP) is 0.259. The summed E-state index contributed by atoms with van der Waals surface area (Å²) in [5.74, 6) is 3.87. The first-order valence-corrected chi connectivity index (χ1v) is 4.35. The van der Waals surface area contributed by atoms with E-state index >= 15 is 0 Å². The van der Waals surface area contributed by atoms with Crippen molar-refractivity contribution in [2.45, 2.75) is 6.42 Å². The summed E-state index contributed by atoms with van der Waals surface area (Å²) in [7, 11) is 1.42. The third-order valence-electron chi connectivity index (χ3n) is 1.98. The van der Waals surface area contributed by atoms with Crippen LogP contribution in [0.5, 0.6) is 0 Å². The molecular weight excluding hydrogens is 196 g/mol. The molecule has 0 aromatic heterocycles. The topological polar surface area (TPSA) is 83.6 Å². The molecule has 5 nitrogen and oxygen atoms in total. The standard InChI is InChI=1S/C10H12N2O3/c1-12(11)9(13)6-7-4-2-3-5-8(7)10(14)15/h2-5H,6,11H2,1H3,(H,14,15). The van der Waals surface area contributed by atoms with Crippen molar-refractivity contribution in [1.29, 1.82) is 0 Å². The number of carboxylic acids is 1. The summed E-state index contributed by atoms with van der Waals surface area (Å²) in [4.78, 5) is 22.1. The van der Waals surface area contributed by atoms with E-state index in [9.17, 15) is 9.59 Å². The fourth-order valence-electron chi connectivity index (χ4n) is 1.17. The summed E-state index contributed by atoms with van der Waals surface area (Å²) < 4.78 is 0. The zero-order valence-corrected chi connectivity index (χ0v) is 8.30. The molecule has 1 aromatic carbocycles. The monoisotopic (exact) mass is 208 g/mol. The highest BCUT2D eigenvalue weighted by Crippen LogP contribution is 2.09. The van der Waals surface area contributed by atoms with E-state index < -0.39 is 5.97 Å². The second-order valence-corrected chi connectivity index (χ2v) is 3.14. The highest BCUT2D eigenvalue weighted by atomic mass is 16.4. The van der Waals surface area contributed by atoms with Crippen LogP contribution in [0.3, 0.4) is 0 Å². The molecule has 0 bridgehead atoms. The van der Waals surface area contributed by atoms with Crippen molar-refractivity contribution in [1.82, 2.24) is 5.01 Å². The van der Waals surface area contributed by atoms with Gasteiger partial charge in [0, 0.05) is 7.05 Å². The number of likely N-dealkylation sites (N-methyl/N-ethyl adjacent to an activating group) is 1. The molecule has 5 heteroatoms. The smallest absolute Gasteiger partial charge is 0.335 e. The second-order valence-electron chi connectivity index (χ2n) is 3.14. The number of amides is 1. The zero-order chi connectivity index (χ0) is 11.4. The highest BCUT2D eigenvalue weighted by molar-refractivity contribution is 5.91. The van der Waals surface area contributed by atoms with Gasteiger partial charge >= 0.3 is 5.97 Å². The number of aromatic carboxylic acids is 1. The largest absolute Gasteiger partial charge is 0.478 e. The van der Waals surface area contributed by atoms with E-state index in [0.717, 1.165) is 5.01 Å². The van der Waals surface area contributed by atoms with Crippen LogP contribution in [0.2, 0.25) is 0 Å². The van der Waals surface area contributed by atoms with Gasteiger partial charge in [-0.05, 0) is 11.6 Å². The summed E-state index contributed by atoms with van der Waals surface area (Å²) in [6, 6.07) is 6.36. The third-order valence-corrected chi connectivity index (χ3v) is 1.98. The van der Waals surface area contributed by atoms with Crippen molar-refractivity contribution in [3.63, 3.8) is 0 Å². The van der Waals surface area contributed by atoms with E-state index in [1.165, 1.54) is 13.1 Å². The van der Waals surface area contributed by atoms with Gasteiger partial charge < -0.3 is 5.11 Å². The van der Waals surface area contributed by atoms with Gasteiger partial charge in [-0.1, -0.05) is 18.2 Å². The number of nitrogens with two attached hydrogens (primary N) is 1. The van der Waals surface area contributed by atoms with Gasteiger partial charge in [-0.2, -0.15) is 0 Å². The maximum Gasteiger partial charge on any atom is 0.335 e. The van der Waals surface area contributed by atoms with Crippen molar-refractivity contribution in [2.24, 2.45) is 5.84 Å². The van der Waals surface area contributed by atoms with Gasteiger partial charge in [0.2, 0.25) is 5.91 Å². The van der Waals surface area contributed by atoms with Crippen LogP contribution in [0.15, 0.2) is 24.3 Å². The van der Waals surface area contributed by atoms with Crippen LogP contribution in [-0.2, 0) is 11.2 Å². The number of carboxylic acid groups (broad SMARTS) is 1. The molecule has 0 atom stereocenters. The molecule has 0 saturated heterocycles. The number of hydrazine groups is 1. The first-order chi connectivity index (χ1) is 7.02. The molecule has 15 heavy (non-hydrogen) atoms. The number of hydrogen-bond donors (Lipinski definition) is 2. The number of rotatable bonds is 3. The minimum atomic E-state index is -1.04. The van der Waals surface area contributed by atoms with Crippen molar-refractivity contribution in [2.75, 3.05) is 7.05 Å². The maximum absolute atomic E-state index is 11.3. The van der Waals surface area contributed by atoms with Crippen LogP contribution in [0.25, 0.3) is 0 Å². The summed E-state index contributed by atoms with van der Waals surface area (Å²) in [6.07, 6.45) is -0.00449. The molecule has 80 valence electrons. The molecule has 3 N–H and O–H groups in total. The van der Waals surface area contributed by atoms with Gasteiger partial charge in [0.1, 0.15) is 0 Å². The summed E-state index contributed by atoms with van der Waals surface area (Å²) in [6.45, 7) is 0. The first-order valence-electron chi connectivity index (χ1n) is 4.35. The molecule has 0 heterocycles. The second kappa shape index (κ2) is 4.56. The molecule has 1 amide bonds. The van der Waals surface area contributed by atoms with E-state index in [-0.39, 0.29) is 17.9 Å². The van der Waals surface area contributed by atoms with Gasteiger partial charge in [-0.25, -0.2) is 10.6 Å². The molecule has 0 aliphatic heterocycles. The first kappa shape index (κ1) is 11.2. The fourth-order valence-corrected chi connectivity index (χ4v) is 1.17. The van der Waals surface area contributed by atoms with Gasteiger partial charge in [-0.3, -0.25) is 9.80 Å². The number of carbonyl (C=O) groups excluding carboxylic acids is 1. The molecule has 0 radical (unpaired) electrons. The SMILES string of the molecule is CN(N)C(=O)Cc1ccccc1C(=O)O. The molecule has 1 rings (SSSR count). The van der Waals surface area contributed by atoms with Crippen LogP contribution in [0, 0.1) is 0 Å². The lowest BCUT2D eigenvalue weighted by atomic mass is 10.0. The molecule has 0 unspecified atom stereocenters. The molecular formula is C10H12N2O3. The molecule has 0 fully saturated rings. The van der Waals surface area contributed by atoms with E-state index in [1.54, 1.807) is 18.2 Å². The normalized spacial score (nSPS) is 9.73. The Morgan fingerprint density at radius 1 is 1.40 bits per heavy atom. The van der Waals surface area contributed by atoms with E-state index in [2.05, 4.69) is 0 Å². The Labute approximate surface area is 87.1 Å². The van der Waals surface area contributed by atoms with E-state index in [4.69, 9.17) is 10.9 Å². The quantitative estimate of drug-likeness (QED) is 0.424. The van der Waals surface area contributed by atoms with Crippen LogP contribution < -0.4 is 5.84 Å². The van der Waals surface area contributed by atoms with Crippen molar-refractivity contribution >= 4 is 11.9 Å². The van der Waals surface area contributed by atoms with Gasteiger partial charge in [0.05, 0.1) is 12.0 Å². The Morgan fingerprint density at radius 2 is 2.00 bits per heavy atom. The minimum absolute atomic E-state index is 0.00449. The minimum Gasteiger partial charge on any atom is -0.478 e. The Morgan fingerprint density at radius 3 is 2.53 bits per heavy atom. The van der Waals surface area contributed by atoms with Gasteiger partial charge in [0.15, 0.2) is 0 Å². The Hall–Kier alpha value is -1.88. The molecule has 0 spiro atoms. The molecule has 1 aromatic rings. The summed E-state index contributed by atoms with van der Waals surface area (Å²) in [5, 5.41) is 9.80. The maximum atomic E-state index is 11.3. The van der Waals surface area contributed by atoms with Crippen molar-refractivity contribution < 1.29 is 14.7 Å². The van der Waals surface area contributed by atoms with Crippen molar-refractivity contribution in [3.8, 4) is 0 Å². The van der Waals surface area contributed by atoms with Crippen molar-refractivity contribution in [3.05, 3.63) is 35.4 Å². The van der Waals surface area contributed by atoms with E-state index in [1.807, 2.05) is 0 Å².